The minimum atomic E-state index is -3.88. The lowest BCUT2D eigenvalue weighted by atomic mass is 9.91. The third-order valence-electron chi connectivity index (χ3n) is 7.48. The number of hydrogen-bond donors (Lipinski definition) is 3. The molecule has 4 atom stereocenters. The molecule has 3 aromatic carbocycles. The molecule has 0 aliphatic heterocycles. The summed E-state index contributed by atoms with van der Waals surface area (Å²) >= 11 is 0. The van der Waals surface area contributed by atoms with Crippen LogP contribution in [0.25, 0.3) is 0 Å². The molecule has 0 bridgehead atoms. The molecule has 0 radical (unpaired) electrons. The lowest BCUT2D eigenvalue weighted by Gasteiger charge is -2.32. The molecule has 7 nitrogen and oxygen atoms in total. The summed E-state index contributed by atoms with van der Waals surface area (Å²) in [6.45, 7) is 7.82. The highest BCUT2D eigenvalue weighted by atomic mass is 32.2. The second kappa shape index (κ2) is 12.9. The molecule has 220 valence electrons. The van der Waals surface area contributed by atoms with Crippen LogP contribution in [0, 0.1) is 18.3 Å². The molecule has 3 aromatic rings. The third kappa shape index (κ3) is 8.04. The molecule has 0 saturated heterocycles. The number of nitrogens with zero attached hydrogens (tertiary/aromatic N) is 1. The Morgan fingerprint density at radius 1 is 1.00 bits per heavy atom. The van der Waals surface area contributed by atoms with Gasteiger partial charge >= 0.3 is 0 Å². The number of aliphatic hydroxyl groups is 2. The molecule has 1 unspecified atom stereocenters. The van der Waals surface area contributed by atoms with Crippen molar-refractivity contribution in [2.45, 2.75) is 70.1 Å². The molecular formula is C33H42N2O5S. The maximum atomic E-state index is 13.7. The van der Waals surface area contributed by atoms with Crippen LogP contribution >= 0.6 is 0 Å². The van der Waals surface area contributed by atoms with Gasteiger partial charge in [0.2, 0.25) is 15.9 Å². The number of carbonyl (C=O) groups excluding carboxylic acids is 1. The van der Waals surface area contributed by atoms with Crippen LogP contribution in [0.15, 0.2) is 83.8 Å². The number of amides is 1. The lowest BCUT2D eigenvalue weighted by Crippen LogP contribution is -2.44. The highest BCUT2D eigenvalue weighted by Crippen LogP contribution is 2.32. The van der Waals surface area contributed by atoms with Crippen LogP contribution in [0.2, 0.25) is 0 Å². The Morgan fingerprint density at radius 3 is 2.29 bits per heavy atom. The molecule has 1 amide bonds. The van der Waals surface area contributed by atoms with E-state index in [0.717, 1.165) is 22.3 Å². The molecule has 8 heteroatoms. The van der Waals surface area contributed by atoms with E-state index in [1.807, 2.05) is 82.3 Å². The molecule has 0 heterocycles. The molecule has 0 spiro atoms. The monoisotopic (exact) mass is 578 g/mol. The van der Waals surface area contributed by atoms with E-state index in [1.54, 1.807) is 24.3 Å². The number of aryl methyl sites for hydroxylation is 1. The van der Waals surface area contributed by atoms with Gasteiger partial charge in [0.1, 0.15) is 0 Å². The number of carbonyl (C=O) groups is 1. The number of benzene rings is 3. The molecule has 3 N–H and O–H groups in total. The fourth-order valence-electron chi connectivity index (χ4n) is 5.47. The van der Waals surface area contributed by atoms with Crippen LogP contribution in [0.5, 0.6) is 0 Å². The largest absolute Gasteiger partial charge is 0.392 e. The quantitative estimate of drug-likeness (QED) is 0.312. The van der Waals surface area contributed by atoms with Crippen molar-refractivity contribution in [3.63, 3.8) is 0 Å². The van der Waals surface area contributed by atoms with Gasteiger partial charge in [0, 0.05) is 25.4 Å². The van der Waals surface area contributed by atoms with E-state index in [9.17, 15) is 23.4 Å². The number of nitrogens with one attached hydrogen (secondary N) is 1. The Balaban J connectivity index is 1.55. The van der Waals surface area contributed by atoms with E-state index in [1.165, 1.54) is 4.31 Å². The van der Waals surface area contributed by atoms with E-state index in [0.29, 0.717) is 12.8 Å². The van der Waals surface area contributed by atoms with Gasteiger partial charge in [-0.05, 0) is 54.0 Å². The average molecular weight is 579 g/mol. The van der Waals surface area contributed by atoms with Gasteiger partial charge in [-0.3, -0.25) is 4.79 Å². The molecule has 1 aliphatic carbocycles. The van der Waals surface area contributed by atoms with Gasteiger partial charge in [0.25, 0.3) is 0 Å². The summed E-state index contributed by atoms with van der Waals surface area (Å²) in [4.78, 5) is 13.9. The van der Waals surface area contributed by atoms with E-state index < -0.39 is 34.2 Å². The standard InChI is InChI=1S/C33H42N2O5S/c1-23-14-16-28(17-15-23)41(39,40)35(22-33(2,3)4)21-27(36)19-26(18-24-10-6-5-7-11-24)32(38)34-31-29-13-9-8-12-25(29)20-30(31)37/h5-17,26-27,30-31,36-37H,18-22H2,1-4H3,(H,34,38)/t26-,27+,30-,31?/m1/s1. The number of fused-ring (bicyclic) bond motifs is 1. The highest BCUT2D eigenvalue weighted by molar-refractivity contribution is 7.89. The Labute approximate surface area is 244 Å². The zero-order valence-corrected chi connectivity index (χ0v) is 25.1. The van der Waals surface area contributed by atoms with Gasteiger partial charge in [0.15, 0.2) is 0 Å². The first-order chi connectivity index (χ1) is 19.3. The SMILES string of the molecule is Cc1ccc(S(=O)(=O)N(C[C@@H](O)C[C@@H](Cc2ccccc2)C(=O)NC2c3ccccc3C[C@H]2O)CC(C)(C)C)cc1. The van der Waals surface area contributed by atoms with Crippen molar-refractivity contribution in [1.82, 2.24) is 9.62 Å². The molecule has 1 aliphatic rings. The molecule has 41 heavy (non-hydrogen) atoms. The maximum absolute atomic E-state index is 13.7. The summed E-state index contributed by atoms with van der Waals surface area (Å²) in [6, 6.07) is 23.4. The second-order valence-corrected chi connectivity index (χ2v) is 14.3. The third-order valence-corrected chi connectivity index (χ3v) is 9.30. The van der Waals surface area contributed by atoms with Crippen molar-refractivity contribution >= 4 is 15.9 Å². The summed E-state index contributed by atoms with van der Waals surface area (Å²) in [5.74, 6) is -0.914. The second-order valence-electron chi connectivity index (χ2n) is 12.4. The van der Waals surface area contributed by atoms with Gasteiger partial charge < -0.3 is 15.5 Å². The molecular weight excluding hydrogens is 536 g/mol. The van der Waals surface area contributed by atoms with E-state index in [2.05, 4.69) is 5.32 Å². The van der Waals surface area contributed by atoms with Gasteiger partial charge in [-0.1, -0.05) is 93.1 Å². The fraction of sp³-hybridized carbons (Fsp3) is 0.424. The highest BCUT2D eigenvalue weighted by Gasteiger charge is 2.35. The maximum Gasteiger partial charge on any atom is 0.243 e. The average Bonchev–Trinajstić information content (AvgIpc) is 3.22. The Hall–Kier alpha value is -3.04. The lowest BCUT2D eigenvalue weighted by molar-refractivity contribution is -0.127. The van der Waals surface area contributed by atoms with Crippen molar-refractivity contribution in [3.8, 4) is 0 Å². The summed E-state index contributed by atoms with van der Waals surface area (Å²) in [5, 5.41) is 25.1. The van der Waals surface area contributed by atoms with Crippen molar-refractivity contribution in [2.24, 2.45) is 11.3 Å². The van der Waals surface area contributed by atoms with Crippen LogP contribution in [-0.4, -0.2) is 54.1 Å². The van der Waals surface area contributed by atoms with E-state index in [4.69, 9.17) is 0 Å². The first-order valence-electron chi connectivity index (χ1n) is 14.2. The van der Waals surface area contributed by atoms with Gasteiger partial charge in [-0.25, -0.2) is 8.42 Å². The first-order valence-corrected chi connectivity index (χ1v) is 15.6. The van der Waals surface area contributed by atoms with Crippen molar-refractivity contribution in [1.29, 1.82) is 0 Å². The molecule has 0 saturated carbocycles. The van der Waals surface area contributed by atoms with Crippen molar-refractivity contribution in [2.75, 3.05) is 13.1 Å². The molecule has 0 aromatic heterocycles. The molecule has 4 rings (SSSR count). The first kappa shape index (κ1) is 30.9. The zero-order chi connectivity index (χ0) is 29.8. The van der Waals surface area contributed by atoms with Crippen LogP contribution in [-0.2, 0) is 27.7 Å². The summed E-state index contributed by atoms with van der Waals surface area (Å²) in [6.07, 6.45) is -0.919. The minimum absolute atomic E-state index is 0.0647. The van der Waals surface area contributed by atoms with E-state index >= 15 is 0 Å². The predicted octanol–water partition coefficient (Wildman–Crippen LogP) is 4.42. The fourth-order valence-corrected chi connectivity index (χ4v) is 7.18. The Morgan fingerprint density at radius 2 is 1.63 bits per heavy atom. The van der Waals surface area contributed by atoms with Gasteiger partial charge in [-0.15, -0.1) is 0 Å². The van der Waals surface area contributed by atoms with Gasteiger partial charge in [0.05, 0.1) is 23.1 Å². The van der Waals surface area contributed by atoms with Crippen LogP contribution < -0.4 is 5.32 Å². The van der Waals surface area contributed by atoms with Crippen LogP contribution in [0.3, 0.4) is 0 Å². The van der Waals surface area contributed by atoms with Crippen LogP contribution in [0.1, 0.15) is 55.5 Å². The number of sulfonamides is 1. The van der Waals surface area contributed by atoms with E-state index in [-0.39, 0.29) is 35.7 Å². The summed E-state index contributed by atoms with van der Waals surface area (Å²) in [7, 11) is -3.88. The molecule has 0 fully saturated rings. The summed E-state index contributed by atoms with van der Waals surface area (Å²) in [5.41, 5.74) is 3.43. The van der Waals surface area contributed by atoms with Crippen molar-refractivity contribution < 1.29 is 23.4 Å². The predicted molar refractivity (Wildman–Crippen MR) is 161 cm³/mol. The number of hydrogen-bond acceptors (Lipinski definition) is 5. The topological polar surface area (TPSA) is 107 Å². The van der Waals surface area contributed by atoms with Crippen molar-refractivity contribution in [3.05, 3.63) is 101 Å². The van der Waals surface area contributed by atoms with Gasteiger partial charge in [-0.2, -0.15) is 4.31 Å². The number of rotatable bonds is 11. The Kier molecular flexibility index (Phi) is 9.70. The Bertz CT molecular complexity index is 1420. The normalized spacial score (nSPS) is 18.6. The summed E-state index contributed by atoms with van der Waals surface area (Å²) < 4.78 is 28.6. The smallest absolute Gasteiger partial charge is 0.243 e. The number of aliphatic hydroxyl groups excluding tert-OH is 2. The minimum Gasteiger partial charge on any atom is -0.392 e. The van der Waals surface area contributed by atoms with Crippen LogP contribution in [0.4, 0.5) is 0 Å². The zero-order valence-electron chi connectivity index (χ0n) is 24.3.